The Kier molecular flexibility index (Phi) is 3.72. The van der Waals surface area contributed by atoms with Crippen LogP contribution in [0.4, 0.5) is 0 Å². The average Bonchev–Trinajstić information content (AvgIpc) is 2.33. The van der Waals surface area contributed by atoms with Crippen molar-refractivity contribution >= 4 is 21.7 Å². The van der Waals surface area contributed by atoms with Gasteiger partial charge in [-0.3, -0.25) is 9.59 Å². The highest BCUT2D eigenvalue weighted by atomic mass is 79.9. The number of hydrogen-bond acceptors (Lipinski definition) is 3. The first-order valence-corrected chi connectivity index (χ1v) is 6.18. The normalized spacial score (nSPS) is 10.3. The lowest BCUT2D eigenvalue weighted by Crippen LogP contribution is -2.26. The first kappa shape index (κ1) is 12.7. The standard InChI is InChI=1S/C13H11BrN2O2/c1-9-6-13(18)16(15-7-9)8-12(17)10-2-4-11(14)5-3-10/h2-7H,8H2,1H3. The minimum atomic E-state index is -0.263. The van der Waals surface area contributed by atoms with E-state index in [-0.39, 0.29) is 17.9 Å². The summed E-state index contributed by atoms with van der Waals surface area (Å²) in [4.78, 5) is 23.5. The van der Waals surface area contributed by atoms with Crippen LogP contribution < -0.4 is 5.56 Å². The van der Waals surface area contributed by atoms with Crippen LogP contribution in [0.3, 0.4) is 0 Å². The molecule has 0 fully saturated rings. The second-order valence-electron chi connectivity index (χ2n) is 3.96. The van der Waals surface area contributed by atoms with Crippen molar-refractivity contribution in [1.82, 2.24) is 9.78 Å². The zero-order valence-electron chi connectivity index (χ0n) is 9.76. The molecule has 0 aliphatic heterocycles. The molecule has 2 aromatic rings. The van der Waals surface area contributed by atoms with E-state index in [0.717, 1.165) is 14.7 Å². The highest BCUT2D eigenvalue weighted by Crippen LogP contribution is 2.11. The van der Waals surface area contributed by atoms with E-state index in [0.29, 0.717) is 5.56 Å². The number of hydrogen-bond donors (Lipinski definition) is 0. The number of nitrogens with zero attached hydrogens (tertiary/aromatic N) is 2. The van der Waals surface area contributed by atoms with Gasteiger partial charge in [-0.2, -0.15) is 5.10 Å². The SMILES string of the molecule is Cc1cnn(CC(=O)c2ccc(Br)cc2)c(=O)c1. The Balaban J connectivity index is 2.21. The van der Waals surface area contributed by atoms with E-state index in [2.05, 4.69) is 21.0 Å². The zero-order chi connectivity index (χ0) is 13.1. The number of aryl methyl sites for hydroxylation is 1. The summed E-state index contributed by atoms with van der Waals surface area (Å²) in [6.45, 7) is 1.75. The summed E-state index contributed by atoms with van der Waals surface area (Å²) in [5.74, 6) is -0.138. The van der Waals surface area contributed by atoms with Gasteiger partial charge in [-0.05, 0) is 24.6 Å². The largest absolute Gasteiger partial charge is 0.292 e. The van der Waals surface area contributed by atoms with Crippen molar-refractivity contribution in [2.24, 2.45) is 0 Å². The summed E-state index contributed by atoms with van der Waals surface area (Å²) in [6.07, 6.45) is 1.57. The van der Waals surface area contributed by atoms with Gasteiger partial charge in [0.25, 0.3) is 5.56 Å². The molecule has 1 aromatic carbocycles. The predicted molar refractivity (Wildman–Crippen MR) is 71.7 cm³/mol. The van der Waals surface area contributed by atoms with Crippen LogP contribution in [0.25, 0.3) is 0 Å². The second-order valence-corrected chi connectivity index (χ2v) is 4.87. The van der Waals surface area contributed by atoms with Crippen molar-refractivity contribution in [2.75, 3.05) is 0 Å². The minimum absolute atomic E-state index is 0.0409. The fourth-order valence-corrected chi connectivity index (χ4v) is 1.77. The van der Waals surface area contributed by atoms with E-state index in [1.807, 2.05) is 0 Å². The maximum atomic E-state index is 11.9. The quantitative estimate of drug-likeness (QED) is 0.817. The molecule has 0 unspecified atom stereocenters. The summed E-state index contributed by atoms with van der Waals surface area (Å²) in [6, 6.07) is 8.47. The van der Waals surface area contributed by atoms with Crippen molar-refractivity contribution in [2.45, 2.75) is 13.5 Å². The Morgan fingerprint density at radius 3 is 2.61 bits per heavy atom. The summed E-state index contributed by atoms with van der Waals surface area (Å²) < 4.78 is 2.07. The molecule has 18 heavy (non-hydrogen) atoms. The number of aromatic nitrogens is 2. The Morgan fingerprint density at radius 2 is 2.00 bits per heavy atom. The van der Waals surface area contributed by atoms with Crippen LogP contribution in [-0.2, 0) is 6.54 Å². The third-order valence-electron chi connectivity index (χ3n) is 2.47. The van der Waals surface area contributed by atoms with Crippen LogP contribution in [0, 0.1) is 6.92 Å². The monoisotopic (exact) mass is 306 g/mol. The number of ketones is 1. The molecule has 0 radical (unpaired) electrons. The second kappa shape index (κ2) is 5.27. The molecule has 1 aromatic heterocycles. The first-order valence-electron chi connectivity index (χ1n) is 5.39. The Hall–Kier alpha value is -1.75. The van der Waals surface area contributed by atoms with Gasteiger partial charge in [0, 0.05) is 16.1 Å². The number of carbonyl (C=O) groups is 1. The van der Waals surface area contributed by atoms with Gasteiger partial charge < -0.3 is 0 Å². The fourth-order valence-electron chi connectivity index (χ4n) is 1.51. The molecule has 2 rings (SSSR count). The molecule has 0 spiro atoms. The number of carbonyl (C=O) groups excluding carboxylic acids is 1. The van der Waals surface area contributed by atoms with Gasteiger partial charge in [-0.15, -0.1) is 0 Å². The summed E-state index contributed by atoms with van der Waals surface area (Å²) >= 11 is 3.30. The highest BCUT2D eigenvalue weighted by Gasteiger charge is 2.08. The molecule has 0 atom stereocenters. The third kappa shape index (κ3) is 2.92. The van der Waals surface area contributed by atoms with Gasteiger partial charge in [0.15, 0.2) is 5.78 Å². The van der Waals surface area contributed by atoms with Crippen molar-refractivity contribution in [3.8, 4) is 0 Å². The van der Waals surface area contributed by atoms with Crippen molar-refractivity contribution in [3.63, 3.8) is 0 Å². The van der Waals surface area contributed by atoms with Gasteiger partial charge >= 0.3 is 0 Å². The lowest BCUT2D eigenvalue weighted by Gasteiger charge is -2.04. The van der Waals surface area contributed by atoms with Crippen molar-refractivity contribution in [3.05, 3.63) is 62.5 Å². The van der Waals surface area contributed by atoms with Crippen LogP contribution in [0.5, 0.6) is 0 Å². The van der Waals surface area contributed by atoms with E-state index in [4.69, 9.17) is 0 Å². The molecule has 0 N–H and O–H groups in total. The molecule has 0 aliphatic rings. The average molecular weight is 307 g/mol. The molecule has 92 valence electrons. The van der Waals surface area contributed by atoms with Crippen LogP contribution in [0.2, 0.25) is 0 Å². The van der Waals surface area contributed by atoms with Gasteiger partial charge in [-0.1, -0.05) is 28.1 Å². The Morgan fingerprint density at radius 1 is 1.33 bits per heavy atom. The summed E-state index contributed by atoms with van der Waals surface area (Å²) in [5, 5.41) is 3.93. The lowest BCUT2D eigenvalue weighted by molar-refractivity contribution is 0.0965. The van der Waals surface area contributed by atoms with Crippen molar-refractivity contribution < 1.29 is 4.79 Å². The Labute approximate surface area is 112 Å². The Bertz CT molecular complexity index is 632. The number of halogens is 1. The van der Waals surface area contributed by atoms with Gasteiger partial charge in [-0.25, -0.2) is 4.68 Å². The van der Waals surface area contributed by atoms with Crippen LogP contribution in [0.15, 0.2) is 45.8 Å². The smallest absolute Gasteiger partial charge is 0.267 e. The lowest BCUT2D eigenvalue weighted by atomic mass is 10.1. The van der Waals surface area contributed by atoms with E-state index in [1.54, 1.807) is 37.4 Å². The number of rotatable bonds is 3. The minimum Gasteiger partial charge on any atom is -0.292 e. The molecule has 0 bridgehead atoms. The van der Waals surface area contributed by atoms with E-state index in [1.165, 1.54) is 6.07 Å². The van der Waals surface area contributed by atoms with E-state index in [9.17, 15) is 9.59 Å². The topological polar surface area (TPSA) is 52.0 Å². The van der Waals surface area contributed by atoms with Crippen LogP contribution in [-0.4, -0.2) is 15.6 Å². The van der Waals surface area contributed by atoms with Crippen molar-refractivity contribution in [1.29, 1.82) is 0 Å². The molecule has 0 amide bonds. The number of Topliss-reactive ketones (excluding diaryl/α,β-unsaturated/α-hetero) is 1. The van der Waals surface area contributed by atoms with Gasteiger partial charge in [0.1, 0.15) is 6.54 Å². The maximum Gasteiger partial charge on any atom is 0.267 e. The summed E-state index contributed by atoms with van der Waals surface area (Å²) in [5.41, 5.74) is 1.08. The van der Waals surface area contributed by atoms with Crippen LogP contribution >= 0.6 is 15.9 Å². The molecule has 0 saturated carbocycles. The first-order chi connectivity index (χ1) is 8.56. The molecule has 1 heterocycles. The number of benzene rings is 1. The fraction of sp³-hybridized carbons (Fsp3) is 0.154. The highest BCUT2D eigenvalue weighted by molar-refractivity contribution is 9.10. The molecule has 5 heteroatoms. The van der Waals surface area contributed by atoms with E-state index >= 15 is 0 Å². The molecule has 4 nitrogen and oxygen atoms in total. The molecule has 0 aliphatic carbocycles. The predicted octanol–water partition coefficient (Wildman–Crippen LogP) is 2.20. The van der Waals surface area contributed by atoms with Crippen LogP contribution in [0.1, 0.15) is 15.9 Å². The molecular weight excluding hydrogens is 296 g/mol. The maximum absolute atomic E-state index is 11.9. The zero-order valence-corrected chi connectivity index (χ0v) is 11.3. The van der Waals surface area contributed by atoms with Gasteiger partial charge in [0.05, 0.1) is 6.20 Å². The summed E-state index contributed by atoms with van der Waals surface area (Å²) in [7, 11) is 0. The molecule has 0 saturated heterocycles. The third-order valence-corrected chi connectivity index (χ3v) is 2.99. The van der Waals surface area contributed by atoms with Gasteiger partial charge in [0.2, 0.25) is 0 Å². The molecular formula is C13H11BrN2O2. The van der Waals surface area contributed by atoms with E-state index < -0.39 is 0 Å².